The molecule has 0 fully saturated rings. The smallest absolute Gasteiger partial charge is 0.287 e. The van der Waals surface area contributed by atoms with Crippen LogP contribution in [0.1, 0.15) is 90.4 Å². The average Bonchev–Trinajstić information content (AvgIpc) is 2.53. The van der Waals surface area contributed by atoms with Crippen LogP contribution >= 0.6 is 0 Å². The van der Waals surface area contributed by atoms with Crippen molar-refractivity contribution < 1.29 is 14.7 Å². The highest BCUT2D eigenvalue weighted by Gasteiger charge is 2.11. The fourth-order valence-corrected chi connectivity index (χ4v) is 2.51. The quantitative estimate of drug-likeness (QED) is 0.337. The van der Waals surface area contributed by atoms with Crippen molar-refractivity contribution in [3.63, 3.8) is 0 Å². The normalized spacial score (nSPS) is 10.6. The largest absolute Gasteiger partial charge is 0.395 e. The SMILES string of the molecule is CCCCCCCCCCCCCCC(=O)C(=O)NCCO. The van der Waals surface area contributed by atoms with Crippen LogP contribution in [0.25, 0.3) is 0 Å². The van der Waals surface area contributed by atoms with Gasteiger partial charge in [0.15, 0.2) is 0 Å². The van der Waals surface area contributed by atoms with E-state index in [-0.39, 0.29) is 18.9 Å². The second-order valence-corrected chi connectivity index (χ2v) is 6.04. The van der Waals surface area contributed by atoms with E-state index in [2.05, 4.69) is 12.2 Å². The highest BCUT2D eigenvalue weighted by Crippen LogP contribution is 2.12. The topological polar surface area (TPSA) is 66.4 Å². The van der Waals surface area contributed by atoms with Crippen molar-refractivity contribution in [3.8, 4) is 0 Å². The maximum atomic E-state index is 11.4. The molecule has 1 amide bonds. The summed E-state index contributed by atoms with van der Waals surface area (Å²) in [6.07, 6.45) is 15.3. The number of aliphatic hydroxyl groups is 1. The maximum Gasteiger partial charge on any atom is 0.287 e. The van der Waals surface area contributed by atoms with Crippen LogP contribution in [-0.4, -0.2) is 29.9 Å². The molecular formula is C18H35NO3. The zero-order chi connectivity index (χ0) is 16.5. The number of Topliss-reactive ketones (excluding diaryl/α,β-unsaturated/α-hetero) is 1. The molecule has 4 nitrogen and oxygen atoms in total. The first-order valence-electron chi connectivity index (χ1n) is 9.14. The molecule has 0 aliphatic heterocycles. The molecule has 0 rings (SSSR count). The number of rotatable bonds is 16. The molecule has 2 N–H and O–H groups in total. The number of amides is 1. The third kappa shape index (κ3) is 14.1. The summed E-state index contributed by atoms with van der Waals surface area (Å²) in [6, 6.07) is 0. The van der Waals surface area contributed by atoms with E-state index in [1.165, 1.54) is 57.8 Å². The highest BCUT2D eigenvalue weighted by molar-refractivity contribution is 6.36. The Labute approximate surface area is 136 Å². The van der Waals surface area contributed by atoms with Crippen molar-refractivity contribution in [2.75, 3.05) is 13.2 Å². The molecule has 0 aromatic rings. The highest BCUT2D eigenvalue weighted by atomic mass is 16.3. The van der Waals surface area contributed by atoms with Gasteiger partial charge in [-0.2, -0.15) is 0 Å². The van der Waals surface area contributed by atoms with Crippen LogP contribution in [0.3, 0.4) is 0 Å². The lowest BCUT2D eigenvalue weighted by molar-refractivity contribution is -0.138. The molecule has 0 unspecified atom stereocenters. The molecule has 0 saturated heterocycles. The molecule has 0 aromatic heterocycles. The lowest BCUT2D eigenvalue weighted by atomic mass is 10.0. The van der Waals surface area contributed by atoms with Crippen LogP contribution in [0, 0.1) is 0 Å². The van der Waals surface area contributed by atoms with Crippen molar-refractivity contribution in [1.29, 1.82) is 0 Å². The van der Waals surface area contributed by atoms with Gasteiger partial charge in [-0.25, -0.2) is 0 Å². The van der Waals surface area contributed by atoms with Crippen LogP contribution in [0.15, 0.2) is 0 Å². The number of nitrogens with one attached hydrogen (secondary N) is 1. The molecule has 4 heteroatoms. The molecular weight excluding hydrogens is 278 g/mol. The number of aliphatic hydroxyl groups excluding tert-OH is 1. The van der Waals surface area contributed by atoms with E-state index in [9.17, 15) is 9.59 Å². The van der Waals surface area contributed by atoms with Crippen molar-refractivity contribution in [2.24, 2.45) is 0 Å². The van der Waals surface area contributed by atoms with Crippen molar-refractivity contribution in [3.05, 3.63) is 0 Å². The number of hydrogen-bond acceptors (Lipinski definition) is 3. The predicted octanol–water partition coefficient (Wildman–Crippen LogP) is 3.76. The van der Waals surface area contributed by atoms with E-state index in [0.29, 0.717) is 6.42 Å². The number of unbranched alkanes of at least 4 members (excludes halogenated alkanes) is 11. The Kier molecular flexibility index (Phi) is 15.8. The minimum atomic E-state index is -0.558. The number of ketones is 1. The Morgan fingerprint density at radius 2 is 1.23 bits per heavy atom. The average molecular weight is 313 g/mol. The van der Waals surface area contributed by atoms with E-state index < -0.39 is 5.91 Å². The minimum absolute atomic E-state index is 0.127. The number of carbonyl (C=O) groups excluding carboxylic acids is 2. The molecule has 0 bridgehead atoms. The Morgan fingerprint density at radius 1 is 0.773 bits per heavy atom. The second kappa shape index (κ2) is 16.5. The summed E-state index contributed by atoms with van der Waals surface area (Å²) in [5, 5.41) is 10.9. The van der Waals surface area contributed by atoms with Gasteiger partial charge < -0.3 is 10.4 Å². The first-order chi connectivity index (χ1) is 10.7. The molecule has 0 saturated carbocycles. The molecule has 0 aliphatic carbocycles. The monoisotopic (exact) mass is 313 g/mol. The predicted molar refractivity (Wildman–Crippen MR) is 90.8 cm³/mol. The van der Waals surface area contributed by atoms with Crippen LogP contribution in [0.2, 0.25) is 0 Å². The van der Waals surface area contributed by atoms with E-state index in [1.807, 2.05) is 0 Å². The molecule has 0 aromatic carbocycles. The molecule has 0 spiro atoms. The van der Waals surface area contributed by atoms with Gasteiger partial charge in [-0.3, -0.25) is 9.59 Å². The van der Waals surface area contributed by atoms with Gasteiger partial charge in [0.2, 0.25) is 5.78 Å². The third-order valence-corrected chi connectivity index (χ3v) is 3.91. The molecule has 0 heterocycles. The zero-order valence-corrected chi connectivity index (χ0v) is 14.4. The van der Waals surface area contributed by atoms with E-state index in [1.54, 1.807) is 0 Å². The third-order valence-electron chi connectivity index (χ3n) is 3.91. The van der Waals surface area contributed by atoms with E-state index >= 15 is 0 Å². The molecule has 130 valence electrons. The summed E-state index contributed by atoms with van der Waals surface area (Å²) >= 11 is 0. The lowest BCUT2D eigenvalue weighted by Gasteiger charge is -2.03. The lowest BCUT2D eigenvalue weighted by Crippen LogP contribution is -2.32. The van der Waals surface area contributed by atoms with E-state index in [0.717, 1.165) is 19.3 Å². The number of hydrogen-bond donors (Lipinski definition) is 2. The summed E-state index contributed by atoms with van der Waals surface area (Å²) in [5.74, 6) is -0.919. The fourth-order valence-electron chi connectivity index (χ4n) is 2.51. The Morgan fingerprint density at radius 3 is 1.68 bits per heavy atom. The van der Waals surface area contributed by atoms with Crippen LogP contribution in [-0.2, 0) is 9.59 Å². The number of carbonyl (C=O) groups is 2. The zero-order valence-electron chi connectivity index (χ0n) is 14.4. The molecule has 0 atom stereocenters. The fraction of sp³-hybridized carbons (Fsp3) is 0.889. The first-order valence-corrected chi connectivity index (χ1v) is 9.14. The molecule has 0 aliphatic rings. The minimum Gasteiger partial charge on any atom is -0.395 e. The Balaban J connectivity index is 3.23. The van der Waals surface area contributed by atoms with Crippen LogP contribution in [0.5, 0.6) is 0 Å². The van der Waals surface area contributed by atoms with Gasteiger partial charge in [0, 0.05) is 13.0 Å². The van der Waals surface area contributed by atoms with Gasteiger partial charge in [0.25, 0.3) is 5.91 Å². The summed E-state index contributed by atoms with van der Waals surface area (Å²) < 4.78 is 0. The van der Waals surface area contributed by atoms with Gasteiger partial charge in [0.05, 0.1) is 6.61 Å². The summed E-state index contributed by atoms with van der Waals surface area (Å²) in [6.45, 7) is 2.27. The van der Waals surface area contributed by atoms with Crippen molar-refractivity contribution >= 4 is 11.7 Å². The Hall–Kier alpha value is -0.900. The summed E-state index contributed by atoms with van der Waals surface area (Å²) in [7, 11) is 0. The van der Waals surface area contributed by atoms with Crippen LogP contribution < -0.4 is 5.32 Å². The maximum absolute atomic E-state index is 11.4. The van der Waals surface area contributed by atoms with Gasteiger partial charge in [-0.05, 0) is 6.42 Å². The van der Waals surface area contributed by atoms with Crippen molar-refractivity contribution in [2.45, 2.75) is 90.4 Å². The standard InChI is InChI=1S/C18H35NO3/c1-2-3-4-5-6-7-8-9-10-11-12-13-14-17(21)18(22)19-15-16-20/h20H,2-16H2,1H3,(H,19,22). The van der Waals surface area contributed by atoms with Gasteiger partial charge in [0.1, 0.15) is 0 Å². The van der Waals surface area contributed by atoms with E-state index in [4.69, 9.17) is 5.11 Å². The Bertz CT molecular complexity index is 280. The van der Waals surface area contributed by atoms with Gasteiger partial charge in [-0.1, -0.05) is 77.6 Å². The van der Waals surface area contributed by atoms with Gasteiger partial charge >= 0.3 is 0 Å². The second-order valence-electron chi connectivity index (χ2n) is 6.04. The van der Waals surface area contributed by atoms with Crippen molar-refractivity contribution in [1.82, 2.24) is 5.32 Å². The first kappa shape index (κ1) is 21.1. The van der Waals surface area contributed by atoms with Gasteiger partial charge in [-0.15, -0.1) is 0 Å². The molecule has 22 heavy (non-hydrogen) atoms. The summed E-state index contributed by atoms with van der Waals surface area (Å²) in [5.41, 5.74) is 0. The summed E-state index contributed by atoms with van der Waals surface area (Å²) in [4.78, 5) is 22.7. The molecule has 0 radical (unpaired) electrons. The van der Waals surface area contributed by atoms with Crippen LogP contribution in [0.4, 0.5) is 0 Å².